The average molecular weight is 431 g/mol. The number of aromatic nitrogens is 3. The highest BCUT2D eigenvalue weighted by Gasteiger charge is 2.21. The number of hydrogen-bond donors (Lipinski definition) is 0. The molecule has 6 nitrogen and oxygen atoms in total. The van der Waals surface area contributed by atoms with Gasteiger partial charge < -0.3 is 4.74 Å². The van der Waals surface area contributed by atoms with E-state index in [0.717, 1.165) is 17.3 Å². The van der Waals surface area contributed by atoms with Gasteiger partial charge in [0.05, 0.1) is 18.9 Å². The molecule has 1 heterocycles. The van der Waals surface area contributed by atoms with E-state index >= 15 is 0 Å². The summed E-state index contributed by atoms with van der Waals surface area (Å²) >= 11 is 7.42. The van der Waals surface area contributed by atoms with Gasteiger partial charge in [0.1, 0.15) is 5.75 Å². The number of Topliss-reactive ketones (excluding diaryl/α,β-unsaturated/α-hetero) is 1. The lowest BCUT2D eigenvalue weighted by atomic mass is 10.1. The summed E-state index contributed by atoms with van der Waals surface area (Å²) in [4.78, 5) is 14.7. The van der Waals surface area contributed by atoms with Crippen LogP contribution >= 0.6 is 23.4 Å². The molecule has 0 aliphatic carbocycles. The molecular weight excluding hydrogens is 408 g/mol. The molecule has 0 aliphatic heterocycles. The van der Waals surface area contributed by atoms with Crippen LogP contribution in [0.3, 0.4) is 0 Å². The largest absolute Gasteiger partial charge is 0.497 e. The van der Waals surface area contributed by atoms with Crippen LogP contribution in [0.1, 0.15) is 29.1 Å². The third-order valence-corrected chi connectivity index (χ3v) is 5.82. The van der Waals surface area contributed by atoms with E-state index in [9.17, 15) is 4.79 Å². The van der Waals surface area contributed by atoms with Crippen LogP contribution in [0.5, 0.6) is 5.75 Å². The number of ketones is 1. The number of halogens is 1. The molecule has 1 atom stereocenters. The highest BCUT2D eigenvalue weighted by Crippen LogP contribution is 2.28. The molecule has 0 amide bonds. The van der Waals surface area contributed by atoms with Gasteiger partial charge in [0, 0.05) is 16.3 Å². The molecule has 0 saturated carbocycles. The third-order valence-electron chi connectivity index (χ3n) is 4.64. The molecule has 0 spiro atoms. The first-order valence-corrected chi connectivity index (χ1v) is 10.4. The van der Waals surface area contributed by atoms with Crippen LogP contribution in [0.2, 0.25) is 5.02 Å². The zero-order chi connectivity index (χ0) is 21.0. The summed E-state index contributed by atoms with van der Waals surface area (Å²) in [5.41, 5.74) is 1.54. The number of carbonyl (C=O) groups excluding carboxylic acids is 1. The van der Waals surface area contributed by atoms with Gasteiger partial charge in [-0.3, -0.25) is 14.3 Å². The highest BCUT2D eigenvalue weighted by atomic mass is 35.5. The Morgan fingerprint density at radius 1 is 1.14 bits per heavy atom. The average Bonchev–Trinajstić information content (AvgIpc) is 3.15. The lowest BCUT2D eigenvalue weighted by Crippen LogP contribution is -2.20. The quantitative estimate of drug-likeness (QED) is 0.386. The number of benzene rings is 2. The Morgan fingerprint density at radius 2 is 1.79 bits per heavy atom. The lowest BCUT2D eigenvalue weighted by molar-refractivity contribution is 0.102. The van der Waals surface area contributed by atoms with Crippen LogP contribution in [0, 0.1) is 0 Å². The number of hydrogen-bond acceptors (Lipinski definition) is 6. The van der Waals surface area contributed by atoms with Crippen LogP contribution < -0.4 is 4.74 Å². The van der Waals surface area contributed by atoms with Crippen molar-refractivity contribution in [2.45, 2.75) is 18.1 Å². The fraction of sp³-hybridized carbons (Fsp3) is 0.286. The number of ether oxygens (including phenoxy) is 1. The van der Waals surface area contributed by atoms with Gasteiger partial charge in [-0.05, 0) is 69.6 Å². The van der Waals surface area contributed by atoms with E-state index in [1.54, 1.807) is 31.4 Å². The molecule has 8 heteroatoms. The maximum atomic E-state index is 12.6. The summed E-state index contributed by atoms with van der Waals surface area (Å²) in [6.45, 7) is 2.06. The maximum absolute atomic E-state index is 12.6. The molecular formula is C21H23ClN4O2S. The summed E-state index contributed by atoms with van der Waals surface area (Å²) in [7, 11) is 5.58. The first kappa shape index (κ1) is 21.4. The van der Waals surface area contributed by atoms with E-state index in [-0.39, 0.29) is 17.6 Å². The number of carbonyl (C=O) groups is 1. The van der Waals surface area contributed by atoms with Crippen molar-refractivity contribution in [3.05, 3.63) is 64.9 Å². The van der Waals surface area contributed by atoms with E-state index in [4.69, 9.17) is 16.3 Å². The number of nitrogens with zero attached hydrogens (tertiary/aromatic N) is 4. The minimum atomic E-state index is 0.0190. The van der Waals surface area contributed by atoms with Gasteiger partial charge in [-0.15, -0.1) is 10.2 Å². The first-order chi connectivity index (χ1) is 13.9. The van der Waals surface area contributed by atoms with Crippen LogP contribution in [0.4, 0.5) is 0 Å². The topological polar surface area (TPSA) is 60.2 Å². The molecule has 3 aromatic rings. The van der Waals surface area contributed by atoms with E-state index in [1.165, 1.54) is 11.8 Å². The van der Waals surface area contributed by atoms with E-state index in [2.05, 4.69) is 22.0 Å². The van der Waals surface area contributed by atoms with Gasteiger partial charge in [0.25, 0.3) is 0 Å². The van der Waals surface area contributed by atoms with Gasteiger partial charge in [0.15, 0.2) is 16.8 Å². The van der Waals surface area contributed by atoms with E-state index in [0.29, 0.717) is 15.7 Å². The van der Waals surface area contributed by atoms with Crippen molar-refractivity contribution in [1.29, 1.82) is 0 Å². The Balaban J connectivity index is 1.86. The first-order valence-electron chi connectivity index (χ1n) is 9.08. The van der Waals surface area contributed by atoms with Gasteiger partial charge in [-0.1, -0.05) is 23.4 Å². The zero-order valence-corrected chi connectivity index (χ0v) is 18.4. The smallest absolute Gasteiger partial charge is 0.196 e. The minimum absolute atomic E-state index is 0.0190. The van der Waals surface area contributed by atoms with Crippen molar-refractivity contribution in [3.8, 4) is 11.4 Å². The molecule has 2 aromatic carbocycles. The fourth-order valence-electron chi connectivity index (χ4n) is 2.70. The second-order valence-corrected chi connectivity index (χ2v) is 8.11. The van der Waals surface area contributed by atoms with Crippen molar-refractivity contribution in [1.82, 2.24) is 19.7 Å². The molecule has 0 bridgehead atoms. The molecule has 0 radical (unpaired) electrons. The van der Waals surface area contributed by atoms with Gasteiger partial charge in [0.2, 0.25) is 0 Å². The summed E-state index contributed by atoms with van der Waals surface area (Å²) in [5, 5.41) is 10.1. The monoisotopic (exact) mass is 430 g/mol. The van der Waals surface area contributed by atoms with Gasteiger partial charge in [-0.2, -0.15) is 0 Å². The van der Waals surface area contributed by atoms with Crippen molar-refractivity contribution >= 4 is 29.1 Å². The van der Waals surface area contributed by atoms with Crippen molar-refractivity contribution in [2.24, 2.45) is 0 Å². The molecule has 152 valence electrons. The van der Waals surface area contributed by atoms with Crippen LogP contribution in [0.15, 0.2) is 53.7 Å². The molecule has 1 unspecified atom stereocenters. The van der Waals surface area contributed by atoms with E-state index < -0.39 is 0 Å². The van der Waals surface area contributed by atoms with Crippen molar-refractivity contribution in [3.63, 3.8) is 0 Å². The number of thioether (sulfide) groups is 1. The Hall–Kier alpha value is -2.35. The second kappa shape index (κ2) is 9.43. The highest BCUT2D eigenvalue weighted by molar-refractivity contribution is 7.99. The normalized spacial score (nSPS) is 12.2. The predicted molar refractivity (Wildman–Crippen MR) is 117 cm³/mol. The predicted octanol–water partition coefficient (Wildman–Crippen LogP) is 4.53. The van der Waals surface area contributed by atoms with Crippen LogP contribution in [-0.2, 0) is 0 Å². The molecule has 0 aliphatic rings. The van der Waals surface area contributed by atoms with Crippen molar-refractivity contribution in [2.75, 3.05) is 27.0 Å². The molecule has 0 fully saturated rings. The van der Waals surface area contributed by atoms with Crippen molar-refractivity contribution < 1.29 is 9.53 Å². The van der Waals surface area contributed by atoms with Crippen LogP contribution in [0.25, 0.3) is 5.69 Å². The Bertz CT molecular complexity index is 971. The van der Waals surface area contributed by atoms with Crippen LogP contribution in [-0.4, -0.2) is 52.4 Å². The van der Waals surface area contributed by atoms with Gasteiger partial charge >= 0.3 is 0 Å². The maximum Gasteiger partial charge on any atom is 0.196 e. The summed E-state index contributed by atoms with van der Waals surface area (Å²) < 4.78 is 7.12. The van der Waals surface area contributed by atoms with E-state index in [1.807, 2.05) is 42.9 Å². The molecule has 29 heavy (non-hydrogen) atoms. The zero-order valence-electron chi connectivity index (χ0n) is 16.8. The fourth-order valence-corrected chi connectivity index (χ4v) is 3.68. The molecule has 1 aromatic heterocycles. The standard InChI is InChI=1S/C21H23ClN4O2S/c1-14(25(2)3)20-23-24-21(26(20)17-9-7-16(22)8-10-17)29-13-19(27)15-5-11-18(28-4)12-6-15/h5-12,14H,13H2,1-4H3. The SMILES string of the molecule is COc1ccc(C(=O)CSc2nnc(C(C)N(C)C)n2-c2ccc(Cl)cc2)cc1. The molecule has 3 rings (SSSR count). The summed E-state index contributed by atoms with van der Waals surface area (Å²) in [6, 6.07) is 14.7. The Morgan fingerprint density at radius 3 is 2.38 bits per heavy atom. The molecule has 0 N–H and O–H groups in total. The molecule has 0 saturated heterocycles. The lowest BCUT2D eigenvalue weighted by Gasteiger charge is -2.20. The minimum Gasteiger partial charge on any atom is -0.497 e. The Kier molecular flexibility index (Phi) is 6.95. The number of rotatable bonds is 8. The summed E-state index contributed by atoms with van der Waals surface area (Å²) in [5.74, 6) is 1.80. The second-order valence-electron chi connectivity index (χ2n) is 6.73. The van der Waals surface area contributed by atoms with Gasteiger partial charge in [-0.25, -0.2) is 0 Å². The summed E-state index contributed by atoms with van der Waals surface area (Å²) in [6.07, 6.45) is 0. The number of methoxy groups -OCH3 is 1. The third kappa shape index (κ3) is 4.98. The Labute approximate surface area is 179 Å².